The van der Waals surface area contributed by atoms with Crippen molar-refractivity contribution in [1.29, 1.82) is 0 Å². The molecule has 1 heterocycles. The van der Waals surface area contributed by atoms with E-state index < -0.39 is 0 Å². The number of hydrogen-bond acceptors (Lipinski definition) is 2. The number of nitrogens with zero attached hydrogens (tertiary/aromatic N) is 1. The van der Waals surface area contributed by atoms with Crippen molar-refractivity contribution >= 4 is 57.2 Å². The Bertz CT molecular complexity index is 371. The molecule has 0 aromatic carbocycles. The summed E-state index contributed by atoms with van der Waals surface area (Å²) < 4.78 is 1.13. The molecule has 17 heavy (non-hydrogen) atoms. The quantitative estimate of drug-likeness (QED) is 0.426. The van der Waals surface area contributed by atoms with Gasteiger partial charge in [-0.15, -0.1) is 35.3 Å². The summed E-state index contributed by atoms with van der Waals surface area (Å²) in [6, 6.07) is 2.11. The molecule has 0 aliphatic carbocycles. The maximum atomic E-state index is 4.18. The summed E-state index contributed by atoms with van der Waals surface area (Å²) >= 11 is 5.17. The van der Waals surface area contributed by atoms with Crippen LogP contribution in [0.2, 0.25) is 0 Å². The highest BCUT2D eigenvalue weighted by Gasteiger charge is 2.11. The third-order valence-corrected chi connectivity index (χ3v) is 3.47. The third kappa shape index (κ3) is 7.25. The first kappa shape index (κ1) is 17.2. The molecular weight excluding hydrogens is 413 g/mol. The molecule has 2 N–H and O–H groups in total. The summed E-state index contributed by atoms with van der Waals surface area (Å²) in [6.07, 6.45) is 0. The average Bonchev–Trinajstić information content (AvgIpc) is 2.57. The first-order chi connectivity index (χ1) is 7.40. The zero-order valence-electron chi connectivity index (χ0n) is 10.5. The lowest BCUT2D eigenvalue weighted by atomic mass is 10.1. The Morgan fingerprint density at radius 2 is 2.12 bits per heavy atom. The number of guanidine groups is 1. The molecule has 0 amide bonds. The van der Waals surface area contributed by atoms with Gasteiger partial charge in [-0.25, -0.2) is 0 Å². The molecule has 0 fully saturated rings. The Balaban J connectivity index is 0.00000256. The monoisotopic (exact) mass is 431 g/mol. The van der Waals surface area contributed by atoms with Crippen LogP contribution in [0.15, 0.2) is 20.9 Å². The zero-order valence-corrected chi connectivity index (χ0v) is 15.2. The van der Waals surface area contributed by atoms with Crippen LogP contribution < -0.4 is 10.6 Å². The second-order valence-corrected chi connectivity index (χ2v) is 6.44. The summed E-state index contributed by atoms with van der Waals surface area (Å²) in [5, 5.41) is 8.68. The van der Waals surface area contributed by atoms with E-state index in [4.69, 9.17) is 0 Å². The molecule has 0 unspecified atom stereocenters. The Morgan fingerprint density at radius 1 is 1.47 bits per heavy atom. The molecule has 0 saturated carbocycles. The maximum absolute atomic E-state index is 4.18. The van der Waals surface area contributed by atoms with Crippen LogP contribution in [0.1, 0.15) is 25.6 Å². The molecule has 0 radical (unpaired) electrons. The molecule has 0 aliphatic heterocycles. The molecule has 1 rings (SSSR count). The molecule has 0 atom stereocenters. The minimum absolute atomic E-state index is 0. The van der Waals surface area contributed by atoms with E-state index in [0.717, 1.165) is 17.0 Å². The van der Waals surface area contributed by atoms with Crippen LogP contribution in [-0.4, -0.2) is 18.5 Å². The predicted octanol–water partition coefficient (Wildman–Crippen LogP) is 3.59. The van der Waals surface area contributed by atoms with Gasteiger partial charge < -0.3 is 10.6 Å². The van der Waals surface area contributed by atoms with E-state index >= 15 is 0 Å². The van der Waals surface area contributed by atoms with E-state index in [-0.39, 0.29) is 29.5 Å². The molecule has 1 aromatic rings. The minimum atomic E-state index is 0. The molecule has 0 spiro atoms. The smallest absolute Gasteiger partial charge is 0.191 e. The van der Waals surface area contributed by atoms with Crippen LogP contribution in [-0.2, 0) is 6.54 Å². The van der Waals surface area contributed by atoms with Crippen LogP contribution in [0.5, 0.6) is 0 Å². The Labute approximate surface area is 133 Å². The molecule has 1 aromatic heterocycles. The standard InChI is InChI=1S/C11H18BrN3S.HI/c1-11(2,3)15-10(13-4)14-6-9-5-8(12)7-16-9;/h5,7H,6H2,1-4H3,(H2,13,14,15);1H. The van der Waals surface area contributed by atoms with Crippen molar-refractivity contribution < 1.29 is 0 Å². The fourth-order valence-corrected chi connectivity index (χ4v) is 2.54. The summed E-state index contributed by atoms with van der Waals surface area (Å²) in [6.45, 7) is 7.14. The highest BCUT2D eigenvalue weighted by molar-refractivity contribution is 14.0. The number of nitrogens with one attached hydrogen (secondary N) is 2. The first-order valence-corrected chi connectivity index (χ1v) is 6.80. The van der Waals surface area contributed by atoms with E-state index in [1.165, 1.54) is 4.88 Å². The van der Waals surface area contributed by atoms with E-state index in [9.17, 15) is 0 Å². The topological polar surface area (TPSA) is 36.4 Å². The molecular formula is C11H19BrIN3S. The normalized spacial score (nSPS) is 11.9. The number of thiophene rings is 1. The van der Waals surface area contributed by atoms with Gasteiger partial charge in [0.2, 0.25) is 0 Å². The average molecular weight is 432 g/mol. The van der Waals surface area contributed by atoms with Crippen LogP contribution in [0.3, 0.4) is 0 Å². The molecule has 98 valence electrons. The van der Waals surface area contributed by atoms with Crippen molar-refractivity contribution in [3.05, 3.63) is 20.8 Å². The highest BCUT2D eigenvalue weighted by atomic mass is 127. The van der Waals surface area contributed by atoms with Gasteiger partial charge in [0, 0.05) is 27.3 Å². The van der Waals surface area contributed by atoms with Crippen molar-refractivity contribution in [3.63, 3.8) is 0 Å². The van der Waals surface area contributed by atoms with Gasteiger partial charge in [-0.3, -0.25) is 4.99 Å². The molecule has 0 aliphatic rings. The van der Waals surface area contributed by atoms with Crippen molar-refractivity contribution in [2.24, 2.45) is 4.99 Å². The van der Waals surface area contributed by atoms with Crippen molar-refractivity contribution in [1.82, 2.24) is 10.6 Å². The Hall–Kier alpha value is 0.180. The van der Waals surface area contributed by atoms with Gasteiger partial charge in [-0.1, -0.05) is 0 Å². The van der Waals surface area contributed by atoms with E-state index in [1.807, 2.05) is 0 Å². The van der Waals surface area contributed by atoms with E-state index in [1.54, 1.807) is 18.4 Å². The van der Waals surface area contributed by atoms with E-state index in [0.29, 0.717) is 0 Å². The van der Waals surface area contributed by atoms with Gasteiger partial charge in [-0.2, -0.15) is 0 Å². The fourth-order valence-electron chi connectivity index (χ4n) is 1.15. The van der Waals surface area contributed by atoms with Gasteiger partial charge in [0.15, 0.2) is 5.96 Å². The molecule has 3 nitrogen and oxygen atoms in total. The maximum Gasteiger partial charge on any atom is 0.191 e. The largest absolute Gasteiger partial charge is 0.352 e. The SMILES string of the molecule is CN=C(NCc1cc(Br)cs1)NC(C)(C)C.I. The summed E-state index contributed by atoms with van der Waals surface area (Å²) in [7, 11) is 1.78. The lowest BCUT2D eigenvalue weighted by molar-refractivity contribution is 0.501. The van der Waals surface area contributed by atoms with Gasteiger partial charge >= 0.3 is 0 Å². The molecule has 0 bridgehead atoms. The van der Waals surface area contributed by atoms with Crippen LogP contribution in [0, 0.1) is 0 Å². The summed E-state index contributed by atoms with van der Waals surface area (Å²) in [4.78, 5) is 5.46. The van der Waals surface area contributed by atoms with Crippen LogP contribution in [0.25, 0.3) is 0 Å². The minimum Gasteiger partial charge on any atom is -0.352 e. The number of halogens is 2. The van der Waals surface area contributed by atoms with Crippen LogP contribution in [0.4, 0.5) is 0 Å². The van der Waals surface area contributed by atoms with E-state index in [2.05, 4.69) is 63.8 Å². The second-order valence-electron chi connectivity index (χ2n) is 4.53. The van der Waals surface area contributed by atoms with Gasteiger partial charge in [0.25, 0.3) is 0 Å². The predicted molar refractivity (Wildman–Crippen MR) is 90.5 cm³/mol. The van der Waals surface area contributed by atoms with Crippen LogP contribution >= 0.6 is 51.2 Å². The zero-order chi connectivity index (χ0) is 12.2. The Morgan fingerprint density at radius 3 is 2.53 bits per heavy atom. The lowest BCUT2D eigenvalue weighted by Gasteiger charge is -2.23. The number of aliphatic imine (C=N–C) groups is 1. The Kier molecular flexibility index (Phi) is 7.66. The van der Waals surface area contributed by atoms with Crippen molar-refractivity contribution in [3.8, 4) is 0 Å². The number of rotatable bonds is 2. The fraction of sp³-hybridized carbons (Fsp3) is 0.545. The van der Waals surface area contributed by atoms with Gasteiger partial charge in [0.05, 0.1) is 6.54 Å². The van der Waals surface area contributed by atoms with Gasteiger partial charge in [0.1, 0.15) is 0 Å². The summed E-state index contributed by atoms with van der Waals surface area (Å²) in [5.74, 6) is 0.831. The third-order valence-electron chi connectivity index (χ3n) is 1.77. The van der Waals surface area contributed by atoms with Gasteiger partial charge in [-0.05, 0) is 42.8 Å². The number of hydrogen-bond donors (Lipinski definition) is 2. The molecule has 6 heteroatoms. The first-order valence-electron chi connectivity index (χ1n) is 5.12. The lowest BCUT2D eigenvalue weighted by Crippen LogP contribution is -2.47. The van der Waals surface area contributed by atoms with Crippen molar-refractivity contribution in [2.45, 2.75) is 32.9 Å². The van der Waals surface area contributed by atoms with Crippen molar-refractivity contribution in [2.75, 3.05) is 7.05 Å². The summed E-state index contributed by atoms with van der Waals surface area (Å²) in [5.41, 5.74) is 0.0257. The molecule has 0 saturated heterocycles. The highest BCUT2D eigenvalue weighted by Crippen LogP contribution is 2.19. The second kappa shape index (κ2) is 7.58.